The molecule has 0 radical (unpaired) electrons. The quantitative estimate of drug-likeness (QED) is 0.709. The van der Waals surface area contributed by atoms with Crippen LogP contribution in [0, 0.1) is 17.6 Å². The van der Waals surface area contributed by atoms with E-state index in [0.29, 0.717) is 18.5 Å². The van der Waals surface area contributed by atoms with Crippen LogP contribution in [-0.2, 0) is 16.2 Å². The maximum atomic E-state index is 14.2. The molecule has 152 valence electrons. The molecule has 1 aliphatic carbocycles. The van der Waals surface area contributed by atoms with Gasteiger partial charge in [0.15, 0.2) is 6.10 Å². The first-order valence-electron chi connectivity index (χ1n) is 10.1. The number of hydrogen-bond acceptors (Lipinski definition) is 3. The van der Waals surface area contributed by atoms with Crippen LogP contribution in [-0.4, -0.2) is 29.2 Å². The highest BCUT2D eigenvalue weighted by atomic mass is 19.1. The number of carbonyl (C=O) groups excluding carboxylic acids is 1. The first kappa shape index (κ1) is 19.6. The molecule has 1 unspecified atom stereocenters. The minimum Gasteiger partial charge on any atom is -0.390 e. The van der Waals surface area contributed by atoms with Crippen LogP contribution in [0.2, 0.25) is 0 Å². The Hall–Kier alpha value is -2.76. The Kier molecular flexibility index (Phi) is 5.88. The Labute approximate surface area is 169 Å². The van der Waals surface area contributed by atoms with E-state index in [4.69, 9.17) is 4.84 Å². The van der Waals surface area contributed by atoms with Gasteiger partial charge >= 0.3 is 0 Å². The fourth-order valence-corrected chi connectivity index (χ4v) is 4.08. The van der Waals surface area contributed by atoms with E-state index in [9.17, 15) is 13.6 Å². The second-order valence-corrected chi connectivity index (χ2v) is 7.77. The third kappa shape index (κ3) is 4.63. The molecular weight excluding hydrogens is 374 g/mol. The number of oxime groups is 1. The topological polar surface area (TPSA) is 41.9 Å². The fraction of sp³-hybridized carbons (Fsp3) is 0.391. The lowest BCUT2D eigenvalue weighted by Crippen LogP contribution is -2.40. The highest BCUT2D eigenvalue weighted by Crippen LogP contribution is 2.28. The lowest BCUT2D eigenvalue weighted by Gasteiger charge is -2.27. The van der Waals surface area contributed by atoms with E-state index in [2.05, 4.69) is 5.16 Å². The predicted molar refractivity (Wildman–Crippen MR) is 106 cm³/mol. The fourth-order valence-electron chi connectivity index (χ4n) is 4.08. The van der Waals surface area contributed by atoms with E-state index in [1.807, 2.05) is 0 Å². The maximum Gasteiger partial charge on any atom is 0.226 e. The number of carbonyl (C=O) groups is 1. The number of halogens is 2. The van der Waals surface area contributed by atoms with Gasteiger partial charge < -0.3 is 9.74 Å². The molecule has 1 heterocycles. The number of nitrogens with zero attached hydrogens (tertiary/aromatic N) is 2. The second kappa shape index (κ2) is 8.72. The van der Waals surface area contributed by atoms with E-state index < -0.39 is 0 Å². The van der Waals surface area contributed by atoms with Crippen LogP contribution in [0.4, 0.5) is 8.78 Å². The molecule has 6 heteroatoms. The maximum absolute atomic E-state index is 14.2. The molecule has 0 N–H and O–H groups in total. The summed E-state index contributed by atoms with van der Waals surface area (Å²) in [5, 5.41) is 4.13. The third-order valence-electron chi connectivity index (χ3n) is 5.67. The zero-order valence-electron chi connectivity index (χ0n) is 16.2. The van der Waals surface area contributed by atoms with Gasteiger partial charge in [-0.25, -0.2) is 8.78 Å². The Morgan fingerprint density at radius 1 is 1.07 bits per heavy atom. The van der Waals surface area contributed by atoms with Crippen molar-refractivity contribution in [1.82, 2.24) is 4.90 Å². The standard InChI is InChI=1S/C23H24F2N2O2/c24-19-11-9-16(10-12-19)22-13-20(29-26-22)15-27(23(28)17-5-1-2-6-17)14-18-7-3-4-8-21(18)25/h3-4,7-12,17,20H,1-2,5-6,13-15H2. The molecule has 1 saturated carbocycles. The van der Waals surface area contributed by atoms with Crippen LogP contribution in [0.1, 0.15) is 43.2 Å². The molecular formula is C23H24F2N2O2. The van der Waals surface area contributed by atoms with E-state index >= 15 is 0 Å². The summed E-state index contributed by atoms with van der Waals surface area (Å²) in [6.45, 7) is 0.561. The Morgan fingerprint density at radius 3 is 2.52 bits per heavy atom. The molecule has 2 aliphatic rings. The molecule has 0 saturated heterocycles. The van der Waals surface area contributed by atoms with Gasteiger partial charge in [-0.3, -0.25) is 4.79 Å². The molecule has 0 aromatic heterocycles. The molecule has 0 spiro atoms. The van der Waals surface area contributed by atoms with Crippen LogP contribution in [0.3, 0.4) is 0 Å². The lowest BCUT2D eigenvalue weighted by molar-refractivity contribution is -0.137. The van der Waals surface area contributed by atoms with Crippen molar-refractivity contribution in [3.63, 3.8) is 0 Å². The van der Waals surface area contributed by atoms with Gasteiger partial charge in [0, 0.05) is 24.4 Å². The number of amides is 1. The van der Waals surface area contributed by atoms with Crippen LogP contribution in [0.15, 0.2) is 53.7 Å². The summed E-state index contributed by atoms with van der Waals surface area (Å²) in [6, 6.07) is 12.7. The summed E-state index contributed by atoms with van der Waals surface area (Å²) in [4.78, 5) is 20.4. The van der Waals surface area contributed by atoms with Crippen LogP contribution in [0.25, 0.3) is 0 Å². The largest absolute Gasteiger partial charge is 0.390 e. The van der Waals surface area contributed by atoms with Gasteiger partial charge in [-0.15, -0.1) is 0 Å². The zero-order valence-corrected chi connectivity index (χ0v) is 16.2. The van der Waals surface area contributed by atoms with Gasteiger partial charge in [0.2, 0.25) is 5.91 Å². The zero-order chi connectivity index (χ0) is 20.2. The Bertz CT molecular complexity index is 892. The number of benzene rings is 2. The molecule has 4 rings (SSSR count). The molecule has 1 aliphatic heterocycles. The van der Waals surface area contributed by atoms with Crippen molar-refractivity contribution in [3.05, 3.63) is 71.3 Å². The highest BCUT2D eigenvalue weighted by Gasteiger charge is 2.32. The first-order valence-corrected chi connectivity index (χ1v) is 10.1. The van der Waals surface area contributed by atoms with Crippen LogP contribution >= 0.6 is 0 Å². The lowest BCUT2D eigenvalue weighted by atomic mass is 10.0. The van der Waals surface area contributed by atoms with Gasteiger partial charge in [-0.2, -0.15) is 0 Å². The van der Waals surface area contributed by atoms with Crippen molar-refractivity contribution in [3.8, 4) is 0 Å². The van der Waals surface area contributed by atoms with Crippen molar-refractivity contribution in [2.75, 3.05) is 6.54 Å². The second-order valence-electron chi connectivity index (χ2n) is 7.77. The molecule has 2 aromatic rings. The number of rotatable bonds is 6. The predicted octanol–water partition coefficient (Wildman–Crippen LogP) is 4.68. The minimum absolute atomic E-state index is 0.000615. The smallest absolute Gasteiger partial charge is 0.226 e. The minimum atomic E-state index is -0.313. The molecule has 29 heavy (non-hydrogen) atoms. The van der Waals surface area contributed by atoms with E-state index in [1.54, 1.807) is 35.2 Å². The van der Waals surface area contributed by atoms with Crippen molar-refractivity contribution in [2.45, 2.75) is 44.8 Å². The van der Waals surface area contributed by atoms with Gasteiger partial charge in [0.25, 0.3) is 0 Å². The molecule has 1 amide bonds. The van der Waals surface area contributed by atoms with Gasteiger partial charge in [-0.05, 0) is 36.6 Å². The first-order chi connectivity index (χ1) is 14.1. The average molecular weight is 398 g/mol. The number of hydrogen-bond donors (Lipinski definition) is 0. The molecule has 1 fully saturated rings. The van der Waals surface area contributed by atoms with Gasteiger partial charge in [-0.1, -0.05) is 48.3 Å². The van der Waals surface area contributed by atoms with Crippen molar-refractivity contribution >= 4 is 11.6 Å². The van der Waals surface area contributed by atoms with Crippen molar-refractivity contribution < 1.29 is 18.4 Å². The van der Waals surface area contributed by atoms with Gasteiger partial charge in [0.05, 0.1) is 12.3 Å². The van der Waals surface area contributed by atoms with Crippen molar-refractivity contribution in [1.29, 1.82) is 0 Å². The molecule has 4 nitrogen and oxygen atoms in total. The SMILES string of the molecule is O=C(C1CCCC1)N(Cc1ccccc1F)CC1CC(c2ccc(F)cc2)=NO1. The van der Waals surface area contributed by atoms with E-state index in [1.165, 1.54) is 18.2 Å². The summed E-state index contributed by atoms with van der Waals surface area (Å²) in [6.07, 6.45) is 4.11. The summed E-state index contributed by atoms with van der Waals surface area (Å²) in [7, 11) is 0. The summed E-state index contributed by atoms with van der Waals surface area (Å²) in [5.74, 6) is -0.555. The van der Waals surface area contributed by atoms with E-state index in [-0.39, 0.29) is 36.1 Å². The molecule has 1 atom stereocenters. The van der Waals surface area contributed by atoms with Crippen LogP contribution in [0.5, 0.6) is 0 Å². The summed E-state index contributed by atoms with van der Waals surface area (Å²) in [5.41, 5.74) is 2.03. The Balaban J connectivity index is 1.46. The van der Waals surface area contributed by atoms with Crippen molar-refractivity contribution in [2.24, 2.45) is 11.1 Å². The van der Waals surface area contributed by atoms with E-state index in [0.717, 1.165) is 37.0 Å². The third-order valence-corrected chi connectivity index (χ3v) is 5.67. The molecule has 2 aromatic carbocycles. The highest BCUT2D eigenvalue weighted by molar-refractivity contribution is 6.01. The average Bonchev–Trinajstić information content (AvgIpc) is 3.41. The molecule has 0 bridgehead atoms. The normalized spacial score (nSPS) is 19.1. The summed E-state index contributed by atoms with van der Waals surface area (Å²) < 4.78 is 27.4. The Morgan fingerprint density at radius 2 is 1.79 bits per heavy atom. The van der Waals surface area contributed by atoms with Crippen LogP contribution < -0.4 is 0 Å². The van der Waals surface area contributed by atoms with Gasteiger partial charge in [0.1, 0.15) is 11.6 Å². The summed E-state index contributed by atoms with van der Waals surface area (Å²) >= 11 is 0. The monoisotopic (exact) mass is 398 g/mol.